The first-order chi connectivity index (χ1) is 9.80. The number of piperidine rings is 1. The lowest BCUT2D eigenvalue weighted by Gasteiger charge is -2.25. The van der Waals surface area contributed by atoms with Gasteiger partial charge < -0.3 is 14.8 Å². The predicted octanol–water partition coefficient (Wildman–Crippen LogP) is 2.81. The summed E-state index contributed by atoms with van der Waals surface area (Å²) in [6.45, 7) is 2.40. The van der Waals surface area contributed by atoms with Gasteiger partial charge in [-0.05, 0) is 80.3 Å². The van der Waals surface area contributed by atoms with Gasteiger partial charge in [0, 0.05) is 0 Å². The number of fused-ring (bicyclic) bond motifs is 1. The van der Waals surface area contributed by atoms with E-state index < -0.39 is 0 Å². The Labute approximate surface area is 121 Å². The highest BCUT2D eigenvalue weighted by Crippen LogP contribution is 2.39. The molecule has 0 saturated carbocycles. The fourth-order valence-corrected chi connectivity index (χ4v) is 3.79. The van der Waals surface area contributed by atoms with E-state index >= 15 is 0 Å². The Morgan fingerprint density at radius 3 is 2.00 bits per heavy atom. The van der Waals surface area contributed by atoms with Crippen molar-refractivity contribution in [2.24, 2.45) is 11.8 Å². The molecule has 1 N–H and O–H groups in total. The molecule has 3 heteroatoms. The van der Waals surface area contributed by atoms with Crippen molar-refractivity contribution in [3.05, 3.63) is 23.3 Å². The summed E-state index contributed by atoms with van der Waals surface area (Å²) in [6.07, 6.45) is 6.49. The maximum absolute atomic E-state index is 5.41. The number of methoxy groups -OCH3 is 2. The quantitative estimate of drug-likeness (QED) is 0.916. The lowest BCUT2D eigenvalue weighted by atomic mass is 9.86. The summed E-state index contributed by atoms with van der Waals surface area (Å²) < 4.78 is 10.8. The molecule has 3 nitrogen and oxygen atoms in total. The maximum Gasteiger partial charge on any atom is 0.161 e. The molecule has 1 fully saturated rings. The molecule has 1 heterocycles. The molecule has 0 amide bonds. The molecule has 0 atom stereocenters. The van der Waals surface area contributed by atoms with Gasteiger partial charge in [0.2, 0.25) is 0 Å². The largest absolute Gasteiger partial charge is 0.493 e. The van der Waals surface area contributed by atoms with Crippen LogP contribution in [0, 0.1) is 11.8 Å². The van der Waals surface area contributed by atoms with Crippen molar-refractivity contribution in [1.29, 1.82) is 0 Å². The molecule has 0 unspecified atom stereocenters. The molecular formula is C17H25NO2. The van der Waals surface area contributed by atoms with Crippen LogP contribution in [-0.2, 0) is 12.8 Å². The maximum atomic E-state index is 5.41. The fourth-order valence-electron chi connectivity index (χ4n) is 3.79. The van der Waals surface area contributed by atoms with Crippen molar-refractivity contribution in [2.45, 2.75) is 32.1 Å². The summed E-state index contributed by atoms with van der Waals surface area (Å²) in [5.74, 6) is 3.46. The number of nitrogens with one attached hydrogen (secondary N) is 1. The highest BCUT2D eigenvalue weighted by molar-refractivity contribution is 5.49. The predicted molar refractivity (Wildman–Crippen MR) is 80.7 cm³/mol. The highest BCUT2D eigenvalue weighted by Gasteiger charge is 2.26. The van der Waals surface area contributed by atoms with Crippen molar-refractivity contribution >= 4 is 0 Å². The molecular weight excluding hydrogens is 250 g/mol. The van der Waals surface area contributed by atoms with Crippen LogP contribution in [0.25, 0.3) is 0 Å². The Hall–Kier alpha value is -1.22. The van der Waals surface area contributed by atoms with Crippen LogP contribution in [0.5, 0.6) is 11.5 Å². The first-order valence-corrected chi connectivity index (χ1v) is 7.74. The standard InChI is InChI=1S/C17H25NO2/c1-19-16-10-14-8-13(7-12-3-5-18-6-4-12)9-15(14)11-17(16)20-2/h10-13,18H,3-9H2,1-2H3. The molecule has 0 radical (unpaired) electrons. The van der Waals surface area contributed by atoms with Gasteiger partial charge in [0.05, 0.1) is 14.2 Å². The Balaban J connectivity index is 1.68. The smallest absolute Gasteiger partial charge is 0.161 e. The van der Waals surface area contributed by atoms with E-state index in [-0.39, 0.29) is 0 Å². The number of benzene rings is 1. The van der Waals surface area contributed by atoms with E-state index in [1.807, 2.05) is 0 Å². The third-order valence-electron chi connectivity index (χ3n) is 4.85. The van der Waals surface area contributed by atoms with E-state index in [2.05, 4.69) is 17.4 Å². The van der Waals surface area contributed by atoms with Gasteiger partial charge in [-0.15, -0.1) is 0 Å². The molecule has 1 aliphatic carbocycles. The minimum Gasteiger partial charge on any atom is -0.493 e. The Bertz CT molecular complexity index is 433. The Morgan fingerprint density at radius 2 is 1.50 bits per heavy atom. The molecule has 1 aromatic carbocycles. The van der Waals surface area contributed by atoms with Crippen molar-refractivity contribution in [1.82, 2.24) is 5.32 Å². The van der Waals surface area contributed by atoms with Gasteiger partial charge in [-0.2, -0.15) is 0 Å². The zero-order chi connectivity index (χ0) is 13.9. The van der Waals surface area contributed by atoms with Gasteiger partial charge in [-0.25, -0.2) is 0 Å². The molecule has 1 aliphatic heterocycles. The van der Waals surface area contributed by atoms with Gasteiger partial charge in [0.25, 0.3) is 0 Å². The lowest BCUT2D eigenvalue weighted by Crippen LogP contribution is -2.28. The zero-order valence-electron chi connectivity index (χ0n) is 12.6. The molecule has 20 heavy (non-hydrogen) atoms. The number of hydrogen-bond donors (Lipinski definition) is 1. The first kappa shape index (κ1) is 13.7. The van der Waals surface area contributed by atoms with Gasteiger partial charge in [0.1, 0.15) is 0 Å². The monoisotopic (exact) mass is 275 g/mol. The summed E-state index contributed by atoms with van der Waals surface area (Å²) in [5, 5.41) is 3.45. The van der Waals surface area contributed by atoms with E-state index in [9.17, 15) is 0 Å². The van der Waals surface area contributed by atoms with Crippen molar-refractivity contribution in [2.75, 3.05) is 27.3 Å². The van der Waals surface area contributed by atoms with Crippen LogP contribution in [-0.4, -0.2) is 27.3 Å². The number of ether oxygens (including phenoxy) is 2. The zero-order valence-corrected chi connectivity index (χ0v) is 12.6. The average Bonchev–Trinajstić information content (AvgIpc) is 2.87. The van der Waals surface area contributed by atoms with E-state index in [4.69, 9.17) is 9.47 Å². The van der Waals surface area contributed by atoms with Crippen LogP contribution >= 0.6 is 0 Å². The highest BCUT2D eigenvalue weighted by atomic mass is 16.5. The third kappa shape index (κ3) is 2.78. The van der Waals surface area contributed by atoms with Crippen LogP contribution in [0.4, 0.5) is 0 Å². The van der Waals surface area contributed by atoms with Gasteiger partial charge in [-0.1, -0.05) is 0 Å². The van der Waals surface area contributed by atoms with Crippen molar-refractivity contribution in [3.63, 3.8) is 0 Å². The topological polar surface area (TPSA) is 30.5 Å². The van der Waals surface area contributed by atoms with Gasteiger partial charge in [-0.3, -0.25) is 0 Å². The molecule has 0 bridgehead atoms. The average molecular weight is 275 g/mol. The lowest BCUT2D eigenvalue weighted by molar-refractivity contribution is 0.303. The van der Waals surface area contributed by atoms with Crippen LogP contribution in [0.2, 0.25) is 0 Å². The first-order valence-electron chi connectivity index (χ1n) is 7.74. The number of hydrogen-bond acceptors (Lipinski definition) is 3. The second-order valence-electron chi connectivity index (χ2n) is 6.18. The molecule has 110 valence electrons. The molecule has 3 rings (SSSR count). The second kappa shape index (κ2) is 6.04. The molecule has 2 aliphatic rings. The molecule has 1 aromatic rings. The molecule has 0 spiro atoms. The van der Waals surface area contributed by atoms with Crippen LogP contribution in [0.3, 0.4) is 0 Å². The molecule has 1 saturated heterocycles. The fraction of sp³-hybridized carbons (Fsp3) is 0.647. The van der Waals surface area contributed by atoms with E-state index in [0.29, 0.717) is 0 Å². The van der Waals surface area contributed by atoms with E-state index in [1.165, 1.54) is 56.3 Å². The van der Waals surface area contributed by atoms with E-state index in [1.54, 1.807) is 14.2 Å². The summed E-state index contributed by atoms with van der Waals surface area (Å²) in [7, 11) is 3.43. The van der Waals surface area contributed by atoms with E-state index in [0.717, 1.165) is 23.3 Å². The summed E-state index contributed by atoms with van der Waals surface area (Å²) in [6, 6.07) is 4.35. The van der Waals surface area contributed by atoms with Crippen LogP contribution in [0.15, 0.2) is 12.1 Å². The van der Waals surface area contributed by atoms with Gasteiger partial charge in [0.15, 0.2) is 11.5 Å². The van der Waals surface area contributed by atoms with Gasteiger partial charge >= 0.3 is 0 Å². The third-order valence-corrected chi connectivity index (χ3v) is 4.85. The Kier molecular flexibility index (Phi) is 4.16. The minimum absolute atomic E-state index is 0.810. The summed E-state index contributed by atoms with van der Waals surface area (Å²) in [5.41, 5.74) is 2.92. The van der Waals surface area contributed by atoms with Crippen LogP contribution < -0.4 is 14.8 Å². The summed E-state index contributed by atoms with van der Waals surface area (Å²) >= 11 is 0. The SMILES string of the molecule is COc1cc2c(cc1OC)CC(CC1CCNCC1)C2. The van der Waals surface area contributed by atoms with Crippen LogP contribution in [0.1, 0.15) is 30.4 Å². The number of rotatable bonds is 4. The minimum atomic E-state index is 0.810. The normalized spacial score (nSPS) is 19.9. The Morgan fingerprint density at radius 1 is 0.950 bits per heavy atom. The van der Waals surface area contributed by atoms with Crippen molar-refractivity contribution in [3.8, 4) is 11.5 Å². The summed E-state index contributed by atoms with van der Waals surface area (Å²) in [4.78, 5) is 0. The molecule has 0 aromatic heterocycles. The second-order valence-corrected chi connectivity index (χ2v) is 6.18. The van der Waals surface area contributed by atoms with Crippen molar-refractivity contribution < 1.29 is 9.47 Å².